The topological polar surface area (TPSA) is 21.7 Å². The molecule has 0 saturated heterocycles. The van der Waals surface area contributed by atoms with Crippen molar-refractivity contribution in [1.29, 1.82) is 0 Å². The molecule has 0 amide bonds. The third-order valence-electron chi connectivity index (χ3n) is 1.86. The molecule has 4 heteroatoms. The van der Waals surface area contributed by atoms with Gasteiger partial charge >= 0.3 is 0 Å². The molecule has 0 aromatic carbocycles. The fourth-order valence-electron chi connectivity index (χ4n) is 0.899. The average molecular weight is 188 g/mol. The van der Waals surface area contributed by atoms with Gasteiger partial charge in [0.25, 0.3) is 0 Å². The summed E-state index contributed by atoms with van der Waals surface area (Å²) in [4.78, 5) is 2.15. The van der Waals surface area contributed by atoms with Crippen LogP contribution in [-0.2, 0) is 9.47 Å². The van der Waals surface area contributed by atoms with Crippen LogP contribution in [0.25, 0.3) is 0 Å². The van der Waals surface area contributed by atoms with E-state index in [-0.39, 0.29) is 5.91 Å². The summed E-state index contributed by atoms with van der Waals surface area (Å²) in [5, 5.41) is 0. The van der Waals surface area contributed by atoms with Gasteiger partial charge in [-0.2, -0.15) is 0 Å². The van der Waals surface area contributed by atoms with E-state index in [4.69, 9.17) is 9.47 Å². The molecule has 3 nitrogen and oxygen atoms in total. The Labute approximate surface area is 78.5 Å². The minimum atomic E-state index is -0.293. The number of hydrogen-bond acceptors (Lipinski definition) is 3. The Morgan fingerprint density at radius 1 is 1.42 bits per heavy atom. The Hall–Kier alpha value is 0.0969. The van der Waals surface area contributed by atoms with Gasteiger partial charge in [-0.25, -0.2) is 0 Å². The zero-order valence-corrected chi connectivity index (χ0v) is 9.33. The third-order valence-corrected chi connectivity index (χ3v) is 2.26. The molecule has 2 atom stereocenters. The fraction of sp³-hybridized carbons (Fsp3) is 1.00. The third kappa shape index (κ3) is 4.87. The fourth-order valence-corrected chi connectivity index (χ4v) is 0.995. The second-order valence-corrected chi connectivity index (χ2v) is 3.40. The van der Waals surface area contributed by atoms with E-state index in [1.165, 1.54) is 0 Å². The lowest BCUT2D eigenvalue weighted by Crippen LogP contribution is -2.34. The minimum absolute atomic E-state index is 0.293. The van der Waals surface area contributed by atoms with Crippen LogP contribution in [0.5, 0.6) is 0 Å². The van der Waals surface area contributed by atoms with Gasteiger partial charge in [-0.15, -0.1) is 0 Å². The summed E-state index contributed by atoms with van der Waals surface area (Å²) < 4.78 is 10.3. The van der Waals surface area contributed by atoms with Gasteiger partial charge in [-0.3, -0.25) is 0 Å². The van der Waals surface area contributed by atoms with Crippen LogP contribution in [0.4, 0.5) is 0 Å². The SMILES string of the molecule is CCC(COC([Si])OC)N(C)C. The smallest absolute Gasteiger partial charge is 0.133 e. The summed E-state index contributed by atoms with van der Waals surface area (Å²) in [5.41, 5.74) is 0. The van der Waals surface area contributed by atoms with Crippen molar-refractivity contribution in [2.24, 2.45) is 0 Å². The van der Waals surface area contributed by atoms with E-state index in [2.05, 4.69) is 22.1 Å². The molecule has 0 aromatic rings. The summed E-state index contributed by atoms with van der Waals surface area (Å²) in [6.07, 6.45) is 1.08. The highest BCUT2D eigenvalue weighted by atomic mass is 28.1. The maximum Gasteiger partial charge on any atom is 0.133 e. The lowest BCUT2D eigenvalue weighted by atomic mass is 10.2. The molecule has 0 saturated carbocycles. The quantitative estimate of drug-likeness (QED) is 0.446. The molecular weight excluding hydrogens is 170 g/mol. The predicted octanol–water partition coefficient (Wildman–Crippen LogP) is 0.442. The molecule has 3 radical (unpaired) electrons. The largest absolute Gasteiger partial charge is 0.361 e. The zero-order chi connectivity index (χ0) is 9.56. The van der Waals surface area contributed by atoms with Crippen LogP contribution in [0, 0.1) is 0 Å². The first kappa shape index (κ1) is 12.1. The van der Waals surface area contributed by atoms with Crippen LogP contribution in [0.3, 0.4) is 0 Å². The molecule has 71 valence electrons. The molecule has 0 heterocycles. The summed E-state index contributed by atoms with van der Waals surface area (Å²) in [7, 11) is 8.97. The zero-order valence-electron chi connectivity index (χ0n) is 8.33. The highest BCUT2D eigenvalue weighted by Gasteiger charge is 2.10. The van der Waals surface area contributed by atoms with E-state index in [1.54, 1.807) is 7.11 Å². The molecule has 0 fully saturated rings. The summed E-state index contributed by atoms with van der Waals surface area (Å²) in [5.74, 6) is -0.293. The van der Waals surface area contributed by atoms with E-state index in [1.807, 2.05) is 14.1 Å². The van der Waals surface area contributed by atoms with Gasteiger partial charge in [0.15, 0.2) is 0 Å². The van der Waals surface area contributed by atoms with E-state index >= 15 is 0 Å². The van der Waals surface area contributed by atoms with Gasteiger partial charge in [0.05, 0.1) is 6.61 Å². The van der Waals surface area contributed by atoms with Gasteiger partial charge in [0.1, 0.15) is 16.2 Å². The maximum atomic E-state index is 5.36. The molecule has 0 aliphatic carbocycles. The Balaban J connectivity index is 3.58. The molecule has 0 N–H and O–H groups in total. The van der Waals surface area contributed by atoms with Gasteiger partial charge in [0, 0.05) is 13.2 Å². The number of nitrogens with zero attached hydrogens (tertiary/aromatic N) is 1. The van der Waals surface area contributed by atoms with Crippen molar-refractivity contribution >= 4 is 10.2 Å². The Bertz CT molecular complexity index is 111. The summed E-state index contributed by atoms with van der Waals surface area (Å²) >= 11 is 0. The van der Waals surface area contributed by atoms with Crippen LogP contribution in [0.15, 0.2) is 0 Å². The molecule has 12 heavy (non-hydrogen) atoms. The Morgan fingerprint density at radius 2 is 2.00 bits per heavy atom. The van der Waals surface area contributed by atoms with Crippen molar-refractivity contribution in [3.8, 4) is 0 Å². The average Bonchev–Trinajstić information content (AvgIpc) is 2.04. The molecule has 0 spiro atoms. The van der Waals surface area contributed by atoms with Crippen molar-refractivity contribution in [2.75, 3.05) is 27.8 Å². The molecule has 0 aromatic heterocycles. The first-order valence-electron chi connectivity index (χ1n) is 4.13. The van der Waals surface area contributed by atoms with Gasteiger partial charge < -0.3 is 14.4 Å². The van der Waals surface area contributed by atoms with Crippen molar-refractivity contribution in [2.45, 2.75) is 25.3 Å². The first-order valence-corrected chi connectivity index (χ1v) is 4.71. The number of ether oxygens (including phenoxy) is 2. The standard InChI is InChI=1S/C8H18NO2Si/c1-5-7(9(2)3)6-11-8(12)10-4/h7-8H,5-6H2,1-4H3. The number of rotatable bonds is 6. The number of likely N-dealkylation sites (N-methyl/N-ethyl adjacent to an activating group) is 1. The summed E-state index contributed by atoms with van der Waals surface area (Å²) in [6.45, 7) is 2.83. The summed E-state index contributed by atoms with van der Waals surface area (Å²) in [6, 6.07) is 0.457. The minimum Gasteiger partial charge on any atom is -0.361 e. The van der Waals surface area contributed by atoms with Gasteiger partial charge in [-0.05, 0) is 20.5 Å². The predicted molar refractivity (Wildman–Crippen MR) is 50.3 cm³/mol. The highest BCUT2D eigenvalue weighted by Crippen LogP contribution is 2.00. The number of methoxy groups -OCH3 is 1. The van der Waals surface area contributed by atoms with Crippen LogP contribution in [0.2, 0.25) is 0 Å². The van der Waals surface area contributed by atoms with Gasteiger partial charge in [-0.1, -0.05) is 6.92 Å². The first-order chi connectivity index (χ1) is 5.61. The van der Waals surface area contributed by atoms with Crippen molar-refractivity contribution in [1.82, 2.24) is 4.90 Å². The lowest BCUT2D eigenvalue weighted by Gasteiger charge is -2.24. The molecular formula is C8H18NO2Si. The highest BCUT2D eigenvalue weighted by molar-refractivity contribution is 6.09. The van der Waals surface area contributed by atoms with Crippen LogP contribution < -0.4 is 0 Å². The second kappa shape index (κ2) is 6.60. The molecule has 0 aliphatic heterocycles. The molecule has 2 unspecified atom stereocenters. The van der Waals surface area contributed by atoms with Crippen LogP contribution >= 0.6 is 0 Å². The normalized spacial score (nSPS) is 16.5. The molecule has 0 rings (SSSR count). The van der Waals surface area contributed by atoms with E-state index in [9.17, 15) is 0 Å². The number of hydrogen-bond donors (Lipinski definition) is 0. The van der Waals surface area contributed by atoms with E-state index in [0.29, 0.717) is 12.6 Å². The maximum absolute atomic E-state index is 5.36. The Morgan fingerprint density at radius 3 is 2.33 bits per heavy atom. The molecule has 0 bridgehead atoms. The van der Waals surface area contributed by atoms with Crippen LogP contribution in [-0.4, -0.2) is 54.9 Å². The lowest BCUT2D eigenvalue weighted by molar-refractivity contribution is -0.0805. The van der Waals surface area contributed by atoms with Crippen LogP contribution in [0.1, 0.15) is 13.3 Å². The van der Waals surface area contributed by atoms with Crippen molar-refractivity contribution in [3.63, 3.8) is 0 Å². The van der Waals surface area contributed by atoms with Crippen molar-refractivity contribution < 1.29 is 9.47 Å². The van der Waals surface area contributed by atoms with Crippen molar-refractivity contribution in [3.05, 3.63) is 0 Å². The second-order valence-electron chi connectivity index (χ2n) is 2.93. The van der Waals surface area contributed by atoms with Gasteiger partial charge in [0.2, 0.25) is 0 Å². The molecule has 0 aliphatic rings. The Kier molecular flexibility index (Phi) is 6.65. The monoisotopic (exact) mass is 188 g/mol. The van der Waals surface area contributed by atoms with E-state index in [0.717, 1.165) is 6.42 Å². The van der Waals surface area contributed by atoms with E-state index < -0.39 is 0 Å².